The number of thioether (sulfide) groups is 1. The van der Waals surface area contributed by atoms with Gasteiger partial charge in [0.05, 0.1) is 5.75 Å². The minimum absolute atomic E-state index is 0.0314. The summed E-state index contributed by atoms with van der Waals surface area (Å²) < 4.78 is 18.8. The van der Waals surface area contributed by atoms with Gasteiger partial charge in [-0.05, 0) is 29.8 Å². The lowest BCUT2D eigenvalue weighted by Crippen LogP contribution is -2.09. The van der Waals surface area contributed by atoms with Crippen molar-refractivity contribution in [3.8, 4) is 28.4 Å². The highest BCUT2D eigenvalue weighted by atomic mass is 32.2. The summed E-state index contributed by atoms with van der Waals surface area (Å²) >= 11 is 1.33. The van der Waals surface area contributed by atoms with Crippen LogP contribution < -0.4 is 14.2 Å². The standard InChI is InChI=1S/C27H23N3O4S/c1-2-14-30-26(16-32-23-11-7-6-10-21(23)19-8-4-3-5-9-19)28-29-27(30)35-17-22(31)20-12-13-24-25(15-20)34-18-33-24/h2-13,15H,1,14,16-18H2. The summed E-state index contributed by atoms with van der Waals surface area (Å²) in [5, 5.41) is 9.26. The van der Waals surface area contributed by atoms with Crippen LogP contribution in [-0.2, 0) is 13.2 Å². The molecule has 2 heterocycles. The Labute approximate surface area is 207 Å². The van der Waals surface area contributed by atoms with Crippen molar-refractivity contribution in [1.82, 2.24) is 14.8 Å². The average Bonchev–Trinajstić information content (AvgIpc) is 3.53. The van der Waals surface area contributed by atoms with Gasteiger partial charge in [-0.25, -0.2) is 0 Å². The number of carbonyl (C=O) groups is 1. The topological polar surface area (TPSA) is 75.5 Å². The van der Waals surface area contributed by atoms with Crippen molar-refractivity contribution in [2.45, 2.75) is 18.3 Å². The molecule has 0 bridgehead atoms. The molecule has 0 aliphatic carbocycles. The minimum atomic E-state index is -0.0314. The van der Waals surface area contributed by atoms with Crippen LogP contribution in [0.2, 0.25) is 0 Å². The number of aromatic nitrogens is 3. The van der Waals surface area contributed by atoms with Crippen LogP contribution in [0.3, 0.4) is 0 Å². The molecule has 35 heavy (non-hydrogen) atoms. The van der Waals surface area contributed by atoms with Gasteiger partial charge in [0.2, 0.25) is 6.79 Å². The molecule has 0 N–H and O–H groups in total. The highest BCUT2D eigenvalue weighted by Gasteiger charge is 2.18. The Bertz CT molecular complexity index is 1350. The van der Waals surface area contributed by atoms with Crippen LogP contribution in [-0.4, -0.2) is 33.1 Å². The predicted molar refractivity (Wildman–Crippen MR) is 134 cm³/mol. The maximum Gasteiger partial charge on any atom is 0.231 e. The lowest BCUT2D eigenvalue weighted by molar-refractivity contribution is 0.102. The number of Topliss-reactive ketones (excluding diaryl/α,β-unsaturated/α-hetero) is 1. The van der Waals surface area contributed by atoms with E-state index in [1.165, 1.54) is 11.8 Å². The van der Waals surface area contributed by atoms with Crippen molar-refractivity contribution in [3.63, 3.8) is 0 Å². The minimum Gasteiger partial charge on any atom is -0.485 e. The molecule has 5 rings (SSSR count). The molecule has 0 unspecified atom stereocenters. The van der Waals surface area contributed by atoms with Crippen LogP contribution in [0.25, 0.3) is 11.1 Å². The fourth-order valence-electron chi connectivity index (χ4n) is 3.72. The third kappa shape index (κ3) is 5.07. The number of ether oxygens (including phenoxy) is 3. The number of nitrogens with zero attached hydrogens (tertiary/aromatic N) is 3. The van der Waals surface area contributed by atoms with Crippen molar-refractivity contribution in [1.29, 1.82) is 0 Å². The van der Waals surface area contributed by atoms with Crippen LogP contribution in [0.4, 0.5) is 0 Å². The molecule has 0 amide bonds. The van der Waals surface area contributed by atoms with Gasteiger partial charge in [-0.2, -0.15) is 0 Å². The average molecular weight is 486 g/mol. The smallest absolute Gasteiger partial charge is 0.231 e. The number of allylic oxidation sites excluding steroid dienone is 1. The van der Waals surface area contributed by atoms with Gasteiger partial charge in [0.1, 0.15) is 12.4 Å². The molecule has 8 heteroatoms. The lowest BCUT2D eigenvalue weighted by Gasteiger charge is -2.12. The summed E-state index contributed by atoms with van der Waals surface area (Å²) in [6, 6.07) is 23.2. The van der Waals surface area contributed by atoms with E-state index in [9.17, 15) is 4.79 Å². The first kappa shape index (κ1) is 22.7. The predicted octanol–water partition coefficient (Wildman–Crippen LogP) is 5.41. The lowest BCUT2D eigenvalue weighted by atomic mass is 10.1. The normalized spacial score (nSPS) is 11.9. The van der Waals surface area contributed by atoms with Gasteiger partial charge in [-0.15, -0.1) is 16.8 Å². The molecule has 0 saturated carbocycles. The number of hydrogen-bond acceptors (Lipinski definition) is 7. The SMILES string of the molecule is C=CCn1c(COc2ccccc2-c2ccccc2)nnc1SCC(=O)c1ccc2c(c1)OCO2. The van der Waals surface area contributed by atoms with Crippen molar-refractivity contribution in [2.75, 3.05) is 12.5 Å². The van der Waals surface area contributed by atoms with E-state index in [1.54, 1.807) is 24.3 Å². The van der Waals surface area contributed by atoms with E-state index in [2.05, 4.69) is 16.8 Å². The summed E-state index contributed by atoms with van der Waals surface area (Å²) in [4.78, 5) is 12.8. The first-order chi connectivity index (χ1) is 17.2. The van der Waals surface area contributed by atoms with Gasteiger partial charge >= 0.3 is 0 Å². The molecule has 0 saturated heterocycles. The number of rotatable bonds is 10. The molecule has 7 nitrogen and oxygen atoms in total. The summed E-state index contributed by atoms with van der Waals surface area (Å²) in [5.74, 6) is 2.84. The Hall–Kier alpha value is -4.04. The molecule has 0 fully saturated rings. The molecule has 1 aliphatic heterocycles. The van der Waals surface area contributed by atoms with E-state index in [0.29, 0.717) is 34.6 Å². The van der Waals surface area contributed by atoms with Gasteiger partial charge < -0.3 is 14.2 Å². The third-order valence-electron chi connectivity index (χ3n) is 5.46. The molecular formula is C27H23N3O4S. The number of fused-ring (bicyclic) bond motifs is 1. The van der Waals surface area contributed by atoms with E-state index in [0.717, 1.165) is 16.9 Å². The number of hydrogen-bond donors (Lipinski definition) is 0. The third-order valence-corrected chi connectivity index (χ3v) is 6.43. The van der Waals surface area contributed by atoms with Gasteiger partial charge in [0, 0.05) is 17.7 Å². The maximum absolute atomic E-state index is 12.8. The number of benzene rings is 3. The summed E-state index contributed by atoms with van der Waals surface area (Å²) in [5.41, 5.74) is 2.65. The summed E-state index contributed by atoms with van der Waals surface area (Å²) in [6.07, 6.45) is 1.77. The molecule has 176 valence electrons. The Morgan fingerprint density at radius 1 is 1.03 bits per heavy atom. The first-order valence-corrected chi connectivity index (χ1v) is 12.1. The number of carbonyl (C=O) groups excluding carboxylic acids is 1. The molecule has 1 aliphatic rings. The summed E-state index contributed by atoms with van der Waals surface area (Å²) in [6.45, 7) is 4.76. The Kier molecular flexibility index (Phi) is 6.81. The van der Waals surface area contributed by atoms with Crippen molar-refractivity contribution in [2.24, 2.45) is 0 Å². The van der Waals surface area contributed by atoms with Gasteiger partial charge in [-0.1, -0.05) is 66.4 Å². The monoisotopic (exact) mass is 485 g/mol. The van der Waals surface area contributed by atoms with Gasteiger partial charge in [0.25, 0.3) is 0 Å². The Morgan fingerprint density at radius 3 is 2.69 bits per heavy atom. The first-order valence-electron chi connectivity index (χ1n) is 11.1. The fraction of sp³-hybridized carbons (Fsp3) is 0.148. The fourth-order valence-corrected chi connectivity index (χ4v) is 4.58. The molecule has 0 radical (unpaired) electrons. The largest absolute Gasteiger partial charge is 0.485 e. The van der Waals surface area contributed by atoms with Gasteiger partial charge in [-0.3, -0.25) is 9.36 Å². The van der Waals surface area contributed by atoms with Crippen molar-refractivity contribution >= 4 is 17.5 Å². The van der Waals surface area contributed by atoms with Crippen LogP contribution in [0.15, 0.2) is 90.6 Å². The van der Waals surface area contributed by atoms with Gasteiger partial charge in [0.15, 0.2) is 28.3 Å². The second kappa shape index (κ2) is 10.5. The number of para-hydroxylation sites is 1. The number of ketones is 1. The van der Waals surface area contributed by atoms with Crippen LogP contribution >= 0.6 is 11.8 Å². The Balaban J connectivity index is 1.28. The highest BCUT2D eigenvalue weighted by Crippen LogP contribution is 2.33. The molecule has 1 aromatic heterocycles. The van der Waals surface area contributed by atoms with Crippen LogP contribution in [0.1, 0.15) is 16.2 Å². The second-order valence-corrected chi connectivity index (χ2v) is 8.67. The molecule has 3 aromatic carbocycles. The Morgan fingerprint density at radius 2 is 1.83 bits per heavy atom. The molecule has 0 spiro atoms. The maximum atomic E-state index is 12.8. The van der Waals surface area contributed by atoms with Crippen molar-refractivity contribution in [3.05, 3.63) is 96.8 Å². The van der Waals surface area contributed by atoms with Crippen LogP contribution in [0.5, 0.6) is 17.2 Å². The van der Waals surface area contributed by atoms with E-state index in [-0.39, 0.29) is 24.9 Å². The van der Waals surface area contributed by atoms with Crippen molar-refractivity contribution < 1.29 is 19.0 Å². The highest BCUT2D eigenvalue weighted by molar-refractivity contribution is 7.99. The molecule has 4 aromatic rings. The summed E-state index contributed by atoms with van der Waals surface area (Å²) in [7, 11) is 0. The zero-order valence-electron chi connectivity index (χ0n) is 18.9. The second-order valence-electron chi connectivity index (χ2n) is 7.73. The van der Waals surface area contributed by atoms with E-state index in [1.807, 2.05) is 59.2 Å². The quantitative estimate of drug-likeness (QED) is 0.169. The van der Waals surface area contributed by atoms with E-state index < -0.39 is 0 Å². The zero-order valence-corrected chi connectivity index (χ0v) is 19.7. The molecule has 0 atom stereocenters. The molecular weight excluding hydrogens is 462 g/mol. The van der Waals surface area contributed by atoms with E-state index >= 15 is 0 Å². The van der Waals surface area contributed by atoms with E-state index in [4.69, 9.17) is 14.2 Å². The zero-order chi connectivity index (χ0) is 24.0. The van der Waals surface area contributed by atoms with Crippen LogP contribution in [0, 0.1) is 0 Å².